The fourth-order valence-electron chi connectivity index (χ4n) is 2.44. The van der Waals surface area contributed by atoms with Gasteiger partial charge in [-0.25, -0.2) is 13.2 Å². The minimum atomic E-state index is -3.92. The molecule has 0 saturated heterocycles. The molecular weight excluding hydrogens is 326 g/mol. The van der Waals surface area contributed by atoms with Gasteiger partial charge >= 0.3 is 5.97 Å². The van der Waals surface area contributed by atoms with Crippen LogP contribution in [-0.4, -0.2) is 21.5 Å². The van der Waals surface area contributed by atoms with Gasteiger partial charge in [0.25, 0.3) is 10.0 Å². The number of hydrogen-bond donors (Lipinski definition) is 1. The maximum absolute atomic E-state index is 12.7. The lowest BCUT2D eigenvalue weighted by Gasteiger charge is -2.11. The van der Waals surface area contributed by atoms with Crippen molar-refractivity contribution in [2.24, 2.45) is 0 Å². The first-order valence-electron chi connectivity index (χ1n) is 7.20. The molecule has 3 rings (SSSR count). The van der Waals surface area contributed by atoms with Crippen LogP contribution in [0.15, 0.2) is 71.6 Å². The van der Waals surface area contributed by atoms with Crippen LogP contribution in [0.1, 0.15) is 10.4 Å². The minimum absolute atomic E-state index is 0.00621. The van der Waals surface area contributed by atoms with Crippen LogP contribution in [0.3, 0.4) is 0 Å². The van der Waals surface area contributed by atoms with Crippen LogP contribution >= 0.6 is 0 Å². The average Bonchev–Trinajstić information content (AvgIpc) is 2.60. The highest BCUT2D eigenvalue weighted by molar-refractivity contribution is 7.92. The Morgan fingerprint density at radius 2 is 1.58 bits per heavy atom. The molecule has 0 aromatic heterocycles. The number of methoxy groups -OCH3 is 1. The molecule has 0 spiro atoms. The molecule has 3 aromatic carbocycles. The van der Waals surface area contributed by atoms with Crippen molar-refractivity contribution in [3.05, 3.63) is 72.3 Å². The Morgan fingerprint density at radius 1 is 0.917 bits per heavy atom. The summed E-state index contributed by atoms with van der Waals surface area (Å²) in [5.41, 5.74) is 0.418. The van der Waals surface area contributed by atoms with E-state index in [-0.39, 0.29) is 10.5 Å². The first kappa shape index (κ1) is 16.0. The first-order valence-corrected chi connectivity index (χ1v) is 8.68. The highest BCUT2D eigenvalue weighted by Gasteiger charge is 2.22. The zero-order chi connectivity index (χ0) is 17.2. The van der Waals surface area contributed by atoms with Gasteiger partial charge in [-0.1, -0.05) is 42.5 Å². The Bertz CT molecular complexity index is 1010. The van der Waals surface area contributed by atoms with E-state index in [1.807, 2.05) is 30.3 Å². The maximum atomic E-state index is 12.7. The molecule has 0 aliphatic carbocycles. The van der Waals surface area contributed by atoms with Crippen LogP contribution < -0.4 is 4.72 Å². The number of nitrogens with one attached hydrogen (secondary N) is 1. The van der Waals surface area contributed by atoms with Crippen LogP contribution in [-0.2, 0) is 14.8 Å². The Morgan fingerprint density at radius 3 is 2.33 bits per heavy atom. The van der Waals surface area contributed by atoms with Crippen molar-refractivity contribution in [1.82, 2.24) is 0 Å². The molecule has 3 aromatic rings. The molecule has 0 heterocycles. The van der Waals surface area contributed by atoms with Crippen molar-refractivity contribution in [2.75, 3.05) is 11.8 Å². The fourth-order valence-corrected chi connectivity index (χ4v) is 3.69. The molecule has 0 amide bonds. The fraction of sp³-hybridized carbons (Fsp3) is 0.0556. The van der Waals surface area contributed by atoms with Crippen molar-refractivity contribution in [2.45, 2.75) is 4.90 Å². The Kier molecular flexibility index (Phi) is 4.22. The Hall–Kier alpha value is -2.86. The van der Waals surface area contributed by atoms with E-state index >= 15 is 0 Å². The second kappa shape index (κ2) is 6.33. The van der Waals surface area contributed by atoms with E-state index in [9.17, 15) is 13.2 Å². The zero-order valence-corrected chi connectivity index (χ0v) is 13.7. The summed E-state index contributed by atoms with van der Waals surface area (Å²) >= 11 is 0. The number of benzene rings is 3. The smallest absolute Gasteiger partial charge is 0.339 e. The predicted octanol–water partition coefficient (Wildman–Crippen LogP) is 3.43. The van der Waals surface area contributed by atoms with Crippen LogP contribution in [0.25, 0.3) is 10.8 Å². The topological polar surface area (TPSA) is 72.5 Å². The number of carbonyl (C=O) groups is 1. The molecule has 24 heavy (non-hydrogen) atoms. The molecule has 122 valence electrons. The molecule has 5 nitrogen and oxygen atoms in total. The molecule has 1 N–H and O–H groups in total. The largest absolute Gasteiger partial charge is 0.465 e. The number of fused-ring (bicyclic) bond motifs is 1. The van der Waals surface area contributed by atoms with Gasteiger partial charge in [-0.2, -0.15) is 0 Å². The molecule has 0 aliphatic rings. The second-order valence-corrected chi connectivity index (χ2v) is 6.81. The van der Waals surface area contributed by atoms with Crippen LogP contribution in [0.2, 0.25) is 0 Å². The lowest BCUT2D eigenvalue weighted by molar-refractivity contribution is 0.0596. The van der Waals surface area contributed by atoms with Crippen molar-refractivity contribution in [3.63, 3.8) is 0 Å². The SMILES string of the molecule is COC(=O)c1ccccc1S(=O)(=O)Nc1ccc2ccccc2c1. The van der Waals surface area contributed by atoms with Gasteiger partial charge in [0.05, 0.1) is 12.7 Å². The molecule has 6 heteroatoms. The number of esters is 1. The molecule has 0 fully saturated rings. The Labute approximate surface area is 139 Å². The van der Waals surface area contributed by atoms with Gasteiger partial charge in [-0.05, 0) is 35.0 Å². The van der Waals surface area contributed by atoms with E-state index in [1.54, 1.807) is 24.3 Å². The van der Waals surface area contributed by atoms with Gasteiger partial charge in [0.1, 0.15) is 4.90 Å². The number of rotatable bonds is 4. The summed E-state index contributed by atoms with van der Waals surface area (Å²) in [6, 6.07) is 18.8. The molecular formula is C18H15NO4S. The van der Waals surface area contributed by atoms with Crippen molar-refractivity contribution >= 4 is 32.5 Å². The van der Waals surface area contributed by atoms with E-state index in [2.05, 4.69) is 9.46 Å². The lowest BCUT2D eigenvalue weighted by atomic mass is 10.1. The van der Waals surface area contributed by atoms with E-state index in [0.29, 0.717) is 5.69 Å². The monoisotopic (exact) mass is 341 g/mol. The van der Waals surface area contributed by atoms with E-state index in [1.165, 1.54) is 19.2 Å². The number of carbonyl (C=O) groups excluding carboxylic acids is 1. The average molecular weight is 341 g/mol. The first-order chi connectivity index (χ1) is 11.5. The summed E-state index contributed by atoms with van der Waals surface area (Å²) in [6.07, 6.45) is 0. The van der Waals surface area contributed by atoms with Crippen molar-refractivity contribution < 1.29 is 17.9 Å². The molecule has 0 saturated carbocycles. The molecule has 0 aliphatic heterocycles. The van der Waals surface area contributed by atoms with Crippen molar-refractivity contribution in [1.29, 1.82) is 0 Å². The van der Waals surface area contributed by atoms with E-state index < -0.39 is 16.0 Å². The highest BCUT2D eigenvalue weighted by atomic mass is 32.2. The van der Waals surface area contributed by atoms with Gasteiger partial charge in [0.2, 0.25) is 0 Å². The molecule has 0 unspecified atom stereocenters. The summed E-state index contributed by atoms with van der Waals surface area (Å²) in [5, 5.41) is 1.93. The third-order valence-corrected chi connectivity index (χ3v) is 5.02. The summed E-state index contributed by atoms with van der Waals surface area (Å²) in [7, 11) is -2.71. The normalized spacial score (nSPS) is 11.2. The minimum Gasteiger partial charge on any atom is -0.465 e. The van der Waals surface area contributed by atoms with Gasteiger partial charge in [-0.3, -0.25) is 4.72 Å². The number of sulfonamides is 1. The van der Waals surface area contributed by atoms with E-state index in [0.717, 1.165) is 10.8 Å². The van der Waals surface area contributed by atoms with Crippen LogP contribution in [0, 0.1) is 0 Å². The lowest BCUT2D eigenvalue weighted by Crippen LogP contribution is -2.17. The number of hydrogen-bond acceptors (Lipinski definition) is 4. The van der Waals surface area contributed by atoms with Gasteiger partial charge < -0.3 is 4.74 Å². The maximum Gasteiger partial charge on any atom is 0.339 e. The zero-order valence-electron chi connectivity index (χ0n) is 12.9. The highest BCUT2D eigenvalue weighted by Crippen LogP contribution is 2.23. The predicted molar refractivity (Wildman–Crippen MR) is 92.5 cm³/mol. The quantitative estimate of drug-likeness (QED) is 0.738. The summed E-state index contributed by atoms with van der Waals surface area (Å²) in [5.74, 6) is -0.700. The van der Waals surface area contributed by atoms with Crippen LogP contribution in [0.4, 0.5) is 5.69 Å². The number of anilines is 1. The summed E-state index contributed by atoms with van der Waals surface area (Å²) in [4.78, 5) is 11.7. The second-order valence-electron chi connectivity index (χ2n) is 5.16. The molecule has 0 atom stereocenters. The van der Waals surface area contributed by atoms with Crippen molar-refractivity contribution in [3.8, 4) is 0 Å². The molecule has 0 radical (unpaired) electrons. The molecule has 0 bridgehead atoms. The van der Waals surface area contributed by atoms with Crippen LogP contribution in [0.5, 0.6) is 0 Å². The summed E-state index contributed by atoms with van der Waals surface area (Å²) in [6.45, 7) is 0. The van der Waals surface area contributed by atoms with Gasteiger partial charge in [0, 0.05) is 5.69 Å². The number of ether oxygens (including phenoxy) is 1. The standard InChI is InChI=1S/C18H15NO4S/c1-23-18(20)16-8-4-5-9-17(16)24(21,22)19-15-11-10-13-6-2-3-7-14(13)12-15/h2-12,19H,1H3. The van der Waals surface area contributed by atoms with Gasteiger partial charge in [0.15, 0.2) is 0 Å². The van der Waals surface area contributed by atoms with Gasteiger partial charge in [-0.15, -0.1) is 0 Å². The summed E-state index contributed by atoms with van der Waals surface area (Å²) < 4.78 is 32.5. The third kappa shape index (κ3) is 3.09. The Balaban J connectivity index is 2.00. The van der Waals surface area contributed by atoms with E-state index in [4.69, 9.17) is 0 Å². The third-order valence-electron chi connectivity index (χ3n) is 3.58.